The first-order valence-electron chi connectivity index (χ1n) is 8.01. The minimum absolute atomic E-state index is 0.0194. The van der Waals surface area contributed by atoms with Crippen molar-refractivity contribution in [2.24, 2.45) is 0 Å². The highest BCUT2D eigenvalue weighted by molar-refractivity contribution is 7.13. The molecule has 0 aliphatic heterocycles. The van der Waals surface area contributed by atoms with Crippen LogP contribution in [0.15, 0.2) is 60.2 Å². The molecule has 0 aliphatic carbocycles. The van der Waals surface area contributed by atoms with E-state index in [1.165, 1.54) is 0 Å². The maximum atomic E-state index is 9.15. The van der Waals surface area contributed by atoms with E-state index in [1.54, 1.807) is 15.9 Å². The van der Waals surface area contributed by atoms with Crippen molar-refractivity contribution in [1.82, 2.24) is 14.6 Å². The molecular weight excluding hydrogens is 334 g/mol. The van der Waals surface area contributed by atoms with E-state index in [0.29, 0.717) is 5.75 Å². The number of nitrogens with zero attached hydrogens (tertiary/aromatic N) is 3. The van der Waals surface area contributed by atoms with Gasteiger partial charge in [0.1, 0.15) is 11.9 Å². The Labute approximate surface area is 149 Å². The third-order valence-corrected chi connectivity index (χ3v) is 4.78. The fraction of sp³-hybridized carbons (Fsp3) is 0.158. The highest BCUT2D eigenvalue weighted by Crippen LogP contribution is 2.29. The number of aromatic nitrogens is 3. The molecule has 5 nitrogen and oxygen atoms in total. The second kappa shape index (κ2) is 6.66. The summed E-state index contributed by atoms with van der Waals surface area (Å²) in [5.41, 5.74) is 3.67. The van der Waals surface area contributed by atoms with Gasteiger partial charge in [0.2, 0.25) is 0 Å². The van der Waals surface area contributed by atoms with Crippen molar-refractivity contribution in [2.45, 2.75) is 13.0 Å². The summed E-state index contributed by atoms with van der Waals surface area (Å²) >= 11 is 1.67. The largest absolute Gasteiger partial charge is 0.488 e. The number of thiophene rings is 1. The van der Waals surface area contributed by atoms with Gasteiger partial charge >= 0.3 is 0 Å². The lowest BCUT2D eigenvalue weighted by molar-refractivity contribution is 0.130. The Kier molecular flexibility index (Phi) is 4.21. The summed E-state index contributed by atoms with van der Waals surface area (Å²) in [4.78, 5) is 5.95. The molecule has 3 aromatic heterocycles. The van der Waals surface area contributed by atoms with Gasteiger partial charge < -0.3 is 9.84 Å². The molecule has 0 bridgehead atoms. The SMILES string of the molecule is C[C@@H](CO)Oc1cccc(-c2ccn3ncc(-c4cccs4)c3n2)c1. The molecule has 0 fully saturated rings. The summed E-state index contributed by atoms with van der Waals surface area (Å²) in [6, 6.07) is 13.8. The fourth-order valence-corrected chi connectivity index (χ4v) is 3.37. The van der Waals surface area contributed by atoms with Crippen molar-refractivity contribution in [3.8, 4) is 27.4 Å². The first-order valence-corrected chi connectivity index (χ1v) is 8.89. The third-order valence-electron chi connectivity index (χ3n) is 3.88. The minimum atomic E-state index is -0.244. The second-order valence-electron chi connectivity index (χ2n) is 5.76. The molecule has 0 unspecified atom stereocenters. The maximum absolute atomic E-state index is 9.15. The summed E-state index contributed by atoms with van der Waals surface area (Å²) in [6.07, 6.45) is 3.52. The van der Waals surface area contributed by atoms with Gasteiger partial charge in [0, 0.05) is 16.6 Å². The second-order valence-corrected chi connectivity index (χ2v) is 6.70. The number of aliphatic hydroxyl groups is 1. The van der Waals surface area contributed by atoms with Crippen LogP contribution in [0.2, 0.25) is 0 Å². The van der Waals surface area contributed by atoms with Crippen molar-refractivity contribution in [1.29, 1.82) is 0 Å². The van der Waals surface area contributed by atoms with E-state index < -0.39 is 0 Å². The number of fused-ring (bicyclic) bond motifs is 1. The topological polar surface area (TPSA) is 59.7 Å². The van der Waals surface area contributed by atoms with E-state index >= 15 is 0 Å². The highest BCUT2D eigenvalue weighted by Gasteiger charge is 2.11. The van der Waals surface area contributed by atoms with Crippen molar-refractivity contribution in [3.05, 3.63) is 60.2 Å². The predicted molar refractivity (Wildman–Crippen MR) is 98.9 cm³/mol. The third kappa shape index (κ3) is 3.14. The molecule has 4 aromatic rings. The molecule has 0 amide bonds. The molecule has 0 radical (unpaired) electrons. The van der Waals surface area contributed by atoms with Gasteiger partial charge in [0.15, 0.2) is 5.65 Å². The molecule has 6 heteroatoms. The Morgan fingerprint density at radius 1 is 1.24 bits per heavy atom. The molecule has 4 rings (SSSR count). The summed E-state index contributed by atoms with van der Waals surface area (Å²) in [6.45, 7) is 1.81. The molecular formula is C19H17N3O2S. The van der Waals surface area contributed by atoms with Gasteiger partial charge in [-0.2, -0.15) is 5.10 Å². The van der Waals surface area contributed by atoms with Crippen LogP contribution in [0, 0.1) is 0 Å². The summed E-state index contributed by atoms with van der Waals surface area (Å²) < 4.78 is 7.47. The van der Waals surface area contributed by atoms with Crippen LogP contribution in [-0.2, 0) is 0 Å². The number of hydrogen-bond donors (Lipinski definition) is 1. The van der Waals surface area contributed by atoms with Crippen molar-refractivity contribution >= 4 is 17.0 Å². The van der Waals surface area contributed by atoms with Crippen LogP contribution in [0.1, 0.15) is 6.92 Å². The van der Waals surface area contributed by atoms with Crippen LogP contribution >= 0.6 is 11.3 Å². The summed E-state index contributed by atoms with van der Waals surface area (Å²) in [5, 5.41) is 15.6. The van der Waals surface area contributed by atoms with E-state index in [9.17, 15) is 0 Å². The lowest BCUT2D eigenvalue weighted by atomic mass is 10.1. The quantitative estimate of drug-likeness (QED) is 0.593. The van der Waals surface area contributed by atoms with Gasteiger partial charge in [-0.3, -0.25) is 0 Å². The molecule has 0 aliphatic rings. The van der Waals surface area contributed by atoms with Gasteiger partial charge in [-0.05, 0) is 36.6 Å². The lowest BCUT2D eigenvalue weighted by Gasteiger charge is -2.12. The maximum Gasteiger partial charge on any atom is 0.164 e. The van der Waals surface area contributed by atoms with Crippen LogP contribution in [0.4, 0.5) is 0 Å². The van der Waals surface area contributed by atoms with Gasteiger partial charge in [0.25, 0.3) is 0 Å². The van der Waals surface area contributed by atoms with E-state index in [1.807, 2.05) is 61.1 Å². The molecule has 25 heavy (non-hydrogen) atoms. The average Bonchev–Trinajstić information content (AvgIpc) is 3.30. The monoisotopic (exact) mass is 351 g/mol. The van der Waals surface area contributed by atoms with E-state index in [4.69, 9.17) is 14.8 Å². The number of ether oxygens (including phenoxy) is 1. The average molecular weight is 351 g/mol. The van der Waals surface area contributed by atoms with Crippen LogP contribution in [0.5, 0.6) is 5.75 Å². The summed E-state index contributed by atoms with van der Waals surface area (Å²) in [5.74, 6) is 0.715. The van der Waals surface area contributed by atoms with E-state index in [0.717, 1.165) is 27.3 Å². The fourth-order valence-electron chi connectivity index (χ4n) is 2.63. The molecule has 3 heterocycles. The first-order chi connectivity index (χ1) is 12.2. The van der Waals surface area contributed by atoms with Crippen LogP contribution < -0.4 is 4.74 Å². The molecule has 126 valence electrons. The molecule has 1 aromatic carbocycles. The van der Waals surface area contributed by atoms with Gasteiger partial charge in [-0.25, -0.2) is 9.50 Å². The van der Waals surface area contributed by atoms with Crippen molar-refractivity contribution in [2.75, 3.05) is 6.61 Å². The first kappa shape index (κ1) is 15.8. The number of rotatable bonds is 5. The standard InChI is InChI=1S/C19H17N3O2S/c1-13(12-23)24-15-5-2-4-14(10-15)17-7-8-22-19(21-17)16(11-20-22)18-6-3-9-25-18/h2-11,13,23H,12H2,1H3/t13-/m0/s1. The Hall–Kier alpha value is -2.70. The smallest absolute Gasteiger partial charge is 0.164 e. The molecule has 1 atom stereocenters. The molecule has 0 saturated carbocycles. The van der Waals surface area contributed by atoms with Crippen molar-refractivity contribution < 1.29 is 9.84 Å². The van der Waals surface area contributed by atoms with Crippen molar-refractivity contribution in [3.63, 3.8) is 0 Å². The summed E-state index contributed by atoms with van der Waals surface area (Å²) in [7, 11) is 0. The number of hydrogen-bond acceptors (Lipinski definition) is 5. The van der Waals surface area contributed by atoms with Crippen LogP contribution in [0.25, 0.3) is 27.3 Å². The molecule has 0 spiro atoms. The normalized spacial score (nSPS) is 12.4. The minimum Gasteiger partial charge on any atom is -0.488 e. The van der Waals surface area contributed by atoms with E-state index in [-0.39, 0.29) is 12.7 Å². The van der Waals surface area contributed by atoms with Crippen LogP contribution in [-0.4, -0.2) is 32.4 Å². The highest BCUT2D eigenvalue weighted by atomic mass is 32.1. The molecule has 1 N–H and O–H groups in total. The van der Waals surface area contributed by atoms with Gasteiger partial charge in [-0.15, -0.1) is 11.3 Å². The Morgan fingerprint density at radius 3 is 2.96 bits per heavy atom. The van der Waals surface area contributed by atoms with E-state index in [2.05, 4.69) is 11.2 Å². The zero-order chi connectivity index (χ0) is 17.2. The van der Waals surface area contributed by atoms with Gasteiger partial charge in [-0.1, -0.05) is 18.2 Å². The zero-order valence-electron chi connectivity index (χ0n) is 13.7. The number of benzene rings is 1. The Morgan fingerprint density at radius 2 is 2.16 bits per heavy atom. The Balaban J connectivity index is 1.75. The predicted octanol–water partition coefficient (Wildman–Crippen LogP) is 3.88. The lowest BCUT2D eigenvalue weighted by Crippen LogP contribution is -2.16. The molecule has 0 saturated heterocycles. The van der Waals surface area contributed by atoms with Gasteiger partial charge in [0.05, 0.1) is 24.1 Å². The van der Waals surface area contributed by atoms with Crippen LogP contribution in [0.3, 0.4) is 0 Å². The number of aliphatic hydroxyl groups excluding tert-OH is 1. The zero-order valence-corrected chi connectivity index (χ0v) is 14.5. The Bertz CT molecular complexity index is 995.